The summed E-state index contributed by atoms with van der Waals surface area (Å²) in [5, 5.41) is 2.13. The zero-order valence-corrected chi connectivity index (χ0v) is 22.3. The van der Waals surface area contributed by atoms with E-state index in [-0.39, 0.29) is 11.6 Å². The van der Waals surface area contributed by atoms with Gasteiger partial charge in [-0.1, -0.05) is 0 Å². The van der Waals surface area contributed by atoms with Gasteiger partial charge in [-0.15, -0.1) is 0 Å². The molecule has 1 aromatic carbocycles. The molecule has 0 amide bonds. The predicted octanol–water partition coefficient (Wildman–Crippen LogP) is 4.27. The summed E-state index contributed by atoms with van der Waals surface area (Å²) in [6.45, 7) is 29.1. The second-order valence-electron chi connectivity index (χ2n) is 7.26. The van der Waals surface area contributed by atoms with Crippen LogP contribution >= 0.6 is 0 Å². The number of rotatable bonds is 4. The van der Waals surface area contributed by atoms with E-state index in [0.717, 1.165) is 22.7 Å². The van der Waals surface area contributed by atoms with Gasteiger partial charge < -0.3 is 0 Å². The predicted molar refractivity (Wildman–Crippen MR) is 112 cm³/mol. The average Bonchev–Trinajstić information content (AvgIpc) is 3.58. The maximum atomic E-state index is 7.50. The first-order valence-corrected chi connectivity index (χ1v) is 11.0. The minimum absolute atomic E-state index is 0.0650. The van der Waals surface area contributed by atoms with Gasteiger partial charge in [0, 0.05) is 0 Å². The van der Waals surface area contributed by atoms with Crippen LogP contribution in [0.25, 0.3) is 0 Å². The van der Waals surface area contributed by atoms with Crippen molar-refractivity contribution >= 4 is 4.08 Å². The molecular weight excluding hydrogens is 610 g/mol. The van der Waals surface area contributed by atoms with Crippen molar-refractivity contribution in [1.82, 2.24) is 5.06 Å². The van der Waals surface area contributed by atoms with Gasteiger partial charge in [0.1, 0.15) is 0 Å². The number of ether oxygens (including phenoxy) is 1. The van der Waals surface area contributed by atoms with Crippen LogP contribution in [0.4, 0.5) is 0 Å². The van der Waals surface area contributed by atoms with Gasteiger partial charge in [-0.2, -0.15) is 0 Å². The van der Waals surface area contributed by atoms with Gasteiger partial charge >= 0.3 is 212 Å². The molecule has 0 bridgehead atoms. The Balaban J connectivity index is -0.000000854. The molecule has 1 aliphatic carbocycles. The van der Waals surface area contributed by atoms with Crippen molar-refractivity contribution in [3.63, 3.8) is 0 Å². The maximum absolute atomic E-state index is 7.50. The van der Waals surface area contributed by atoms with Crippen LogP contribution in [0.5, 0.6) is 0 Å². The van der Waals surface area contributed by atoms with E-state index >= 15 is 0 Å². The zero-order chi connectivity index (χ0) is 27.3. The van der Waals surface area contributed by atoms with Crippen molar-refractivity contribution < 1.29 is 52.2 Å². The molecule has 0 radical (unpaired) electrons. The fraction of sp³-hybridized carbons (Fsp3) is 0.360. The average molecular weight is 635 g/mol. The number of hydrogen-bond acceptors (Lipinski definition) is 3. The standard InChI is InChI=1S/C20H25NO2.5CO.W/c1-20(2,3)21-18(15-10-6-5-7-11-15)17(14-22-4)19(23-21)16-12-8-9-13-16;5*1-2;/h5-7,10-12,18H,8-9,13H2,1-4H3;;;;;;. The Hall–Kier alpha value is -2.32. The molecule has 0 saturated heterocycles. The molecule has 0 aromatic heterocycles. The van der Waals surface area contributed by atoms with Crippen LogP contribution < -0.4 is 0 Å². The van der Waals surface area contributed by atoms with E-state index in [1.54, 1.807) is 7.11 Å². The summed E-state index contributed by atoms with van der Waals surface area (Å²) >= 11 is 1.33. The molecule has 0 fully saturated rings. The van der Waals surface area contributed by atoms with Gasteiger partial charge in [0.25, 0.3) is 0 Å². The topological polar surface area (TPSA) is 121 Å². The van der Waals surface area contributed by atoms with E-state index in [9.17, 15) is 0 Å². The summed E-state index contributed by atoms with van der Waals surface area (Å²) in [4.78, 5) is 6.47. The number of hydrogen-bond donors (Lipinski definition) is 0. The van der Waals surface area contributed by atoms with Crippen LogP contribution in [-0.2, 0) is 52.2 Å². The van der Waals surface area contributed by atoms with Crippen molar-refractivity contribution in [2.24, 2.45) is 0 Å². The Kier molecular flexibility index (Phi) is 22.6. The molecule has 1 aromatic rings. The molecule has 9 heteroatoms. The van der Waals surface area contributed by atoms with Crippen molar-refractivity contribution in [2.75, 3.05) is 7.11 Å². The summed E-state index contributed by atoms with van der Waals surface area (Å²) in [5.74, 6) is 1.02. The first kappa shape index (κ1) is 36.3. The normalized spacial score (nSPS) is 15.7. The Labute approximate surface area is 212 Å². The summed E-state index contributed by atoms with van der Waals surface area (Å²) < 4.78 is 44.2. The van der Waals surface area contributed by atoms with Crippen LogP contribution in [-0.4, -0.2) is 21.8 Å². The summed E-state index contributed by atoms with van der Waals surface area (Å²) in [6, 6.07) is 10.7. The van der Waals surface area contributed by atoms with Crippen LogP contribution in [0.1, 0.15) is 51.6 Å². The Bertz CT molecular complexity index is 868. The van der Waals surface area contributed by atoms with E-state index in [0.29, 0.717) is 0 Å². The molecule has 34 heavy (non-hydrogen) atoms. The summed E-state index contributed by atoms with van der Waals surface area (Å²) in [7, 11) is 1.76. The molecule has 2 aliphatic rings. The molecule has 178 valence electrons. The number of nitrogens with zero attached hydrogens (tertiary/aromatic N) is 1. The summed E-state index contributed by atoms with van der Waals surface area (Å²) in [5.41, 5.74) is 3.65. The summed E-state index contributed by atoms with van der Waals surface area (Å²) in [6.07, 6.45) is 5.76. The molecule has 1 atom stereocenters. The molecule has 0 spiro atoms. The third kappa shape index (κ3) is 10.3. The first-order valence-electron chi connectivity index (χ1n) is 9.49. The molecule has 1 heterocycles. The number of hydroxylamine groups is 2. The molecule has 0 saturated carbocycles. The molecular formula is C25H25NO7W. The first-order chi connectivity index (χ1) is 16.4. The van der Waals surface area contributed by atoms with E-state index in [2.05, 4.69) is 95.5 Å². The van der Waals surface area contributed by atoms with Gasteiger partial charge in [0.05, 0.1) is 0 Å². The molecule has 1 aliphatic heterocycles. The van der Waals surface area contributed by atoms with Crippen LogP contribution in [0, 0.1) is 33.3 Å². The van der Waals surface area contributed by atoms with Crippen molar-refractivity contribution in [3.8, 4) is 0 Å². The van der Waals surface area contributed by atoms with Crippen LogP contribution in [0.2, 0.25) is 0 Å². The fourth-order valence-corrected chi connectivity index (χ4v) is 4.06. The number of methoxy groups -OCH3 is 1. The number of benzene rings is 1. The molecule has 0 N–H and O–H groups in total. The molecule has 3 rings (SSSR count). The van der Waals surface area contributed by atoms with Crippen molar-refractivity contribution in [2.45, 2.75) is 51.6 Å². The van der Waals surface area contributed by atoms with E-state index in [1.807, 2.05) is 0 Å². The second-order valence-corrected chi connectivity index (χ2v) is 8.59. The van der Waals surface area contributed by atoms with Crippen LogP contribution in [0.15, 0.2) is 53.3 Å². The minimum atomic E-state index is -0.115. The van der Waals surface area contributed by atoms with Gasteiger partial charge in [-0.25, -0.2) is 0 Å². The van der Waals surface area contributed by atoms with E-state index in [4.69, 9.17) is 32.8 Å². The Morgan fingerprint density at radius 2 is 1.47 bits per heavy atom. The third-order valence-electron chi connectivity index (χ3n) is 4.46. The Morgan fingerprint density at radius 3 is 1.85 bits per heavy atom. The third-order valence-corrected chi connectivity index (χ3v) is 5.85. The quantitative estimate of drug-likeness (QED) is 0.363. The van der Waals surface area contributed by atoms with Gasteiger partial charge in [0.2, 0.25) is 0 Å². The van der Waals surface area contributed by atoms with Gasteiger partial charge in [0.15, 0.2) is 0 Å². The van der Waals surface area contributed by atoms with Crippen molar-refractivity contribution in [3.05, 3.63) is 92.1 Å². The van der Waals surface area contributed by atoms with Gasteiger partial charge in [-0.3, -0.25) is 0 Å². The van der Waals surface area contributed by atoms with Gasteiger partial charge in [-0.05, 0) is 0 Å². The molecule has 1 unspecified atom stereocenters. The molecule has 8 nitrogen and oxygen atoms in total. The SMILES string of the molecule is CO[C](=[W])C1=C(C2=CCCC2)ON(C(C)(C)C)C1c1ccccc1.[C-]#[O+].[C-]#[O+].[C-]#[O+].[C-]#[O+].[C-]#[O+]. The zero-order valence-electron chi connectivity index (χ0n) is 19.4. The Morgan fingerprint density at radius 1 is 0.971 bits per heavy atom. The van der Waals surface area contributed by atoms with E-state index < -0.39 is 0 Å². The van der Waals surface area contributed by atoms with E-state index in [1.165, 1.54) is 42.5 Å². The monoisotopic (exact) mass is 635 g/mol. The van der Waals surface area contributed by atoms with Crippen molar-refractivity contribution in [1.29, 1.82) is 0 Å². The fourth-order valence-electron chi connectivity index (χ4n) is 3.33. The number of allylic oxidation sites excluding steroid dienone is 2. The van der Waals surface area contributed by atoms with Crippen LogP contribution in [0.3, 0.4) is 0 Å². The second kappa shape index (κ2) is 21.2.